The van der Waals surface area contributed by atoms with Gasteiger partial charge in [-0.3, -0.25) is 4.79 Å². The van der Waals surface area contributed by atoms with E-state index in [1.54, 1.807) is 0 Å². The van der Waals surface area contributed by atoms with Crippen molar-refractivity contribution >= 4 is 5.78 Å². The summed E-state index contributed by atoms with van der Waals surface area (Å²) in [5.41, 5.74) is -0.0201. The highest BCUT2D eigenvalue weighted by molar-refractivity contribution is 5.85. The highest BCUT2D eigenvalue weighted by Crippen LogP contribution is 2.15. The molecular weight excluding hydrogens is 188 g/mol. The number of hydrogen-bond acceptors (Lipinski definition) is 2. The molecule has 1 rings (SSSR count). The summed E-state index contributed by atoms with van der Waals surface area (Å²) >= 11 is 0. The van der Waals surface area contributed by atoms with Crippen molar-refractivity contribution < 1.29 is 9.53 Å². The molecule has 0 aromatic heterocycles. The van der Waals surface area contributed by atoms with Gasteiger partial charge in [0.15, 0.2) is 5.78 Å². The largest absolute Gasteiger partial charge is 0.370 e. The van der Waals surface area contributed by atoms with Gasteiger partial charge in [0, 0.05) is 12.0 Å². The molecule has 2 heteroatoms. The number of Topliss-reactive ketones (excluding diaryl/α,β-unsaturated/α-hetero) is 1. The molecule has 84 valence electrons. The smallest absolute Gasteiger partial charge is 0.173 e. The van der Waals surface area contributed by atoms with Gasteiger partial charge in [0.2, 0.25) is 0 Å². The van der Waals surface area contributed by atoms with Crippen LogP contribution in [0, 0.1) is 17.3 Å². The average Bonchev–Trinajstić information content (AvgIpc) is 2.17. The topological polar surface area (TPSA) is 26.3 Å². The van der Waals surface area contributed by atoms with Crippen LogP contribution in [0.5, 0.6) is 0 Å². The summed E-state index contributed by atoms with van der Waals surface area (Å²) in [6, 6.07) is 0. The molecule has 1 aliphatic heterocycles. The van der Waals surface area contributed by atoms with Crippen LogP contribution in [0.1, 0.15) is 46.5 Å². The molecule has 15 heavy (non-hydrogen) atoms. The van der Waals surface area contributed by atoms with Crippen molar-refractivity contribution in [1.29, 1.82) is 0 Å². The fourth-order valence-corrected chi connectivity index (χ4v) is 1.50. The minimum atomic E-state index is -0.187. The van der Waals surface area contributed by atoms with E-state index in [1.807, 2.05) is 20.8 Å². The second-order valence-electron chi connectivity index (χ2n) is 5.05. The Morgan fingerprint density at radius 3 is 2.67 bits per heavy atom. The lowest BCUT2D eigenvalue weighted by molar-refractivity contribution is -0.132. The van der Waals surface area contributed by atoms with E-state index in [4.69, 9.17) is 4.74 Å². The van der Waals surface area contributed by atoms with Crippen molar-refractivity contribution in [2.75, 3.05) is 6.61 Å². The highest BCUT2D eigenvalue weighted by Gasteiger charge is 2.20. The van der Waals surface area contributed by atoms with Gasteiger partial charge in [-0.15, -0.1) is 0 Å². The van der Waals surface area contributed by atoms with Crippen molar-refractivity contribution in [2.24, 2.45) is 5.41 Å². The lowest BCUT2D eigenvalue weighted by Crippen LogP contribution is -2.27. The van der Waals surface area contributed by atoms with Gasteiger partial charge in [0.25, 0.3) is 0 Å². The molecule has 2 nitrogen and oxygen atoms in total. The second kappa shape index (κ2) is 5.32. The van der Waals surface area contributed by atoms with Gasteiger partial charge >= 0.3 is 0 Å². The maximum Gasteiger partial charge on any atom is 0.173 e. The Hall–Kier alpha value is -0.810. The zero-order valence-corrected chi connectivity index (χ0v) is 9.93. The predicted molar refractivity (Wildman–Crippen MR) is 60.4 cm³/mol. The van der Waals surface area contributed by atoms with Crippen LogP contribution in [0.3, 0.4) is 0 Å². The average molecular weight is 208 g/mol. The Morgan fingerprint density at radius 1 is 1.40 bits per heavy atom. The molecule has 1 unspecified atom stereocenters. The minimum Gasteiger partial charge on any atom is -0.370 e. The maximum absolute atomic E-state index is 11.7. The highest BCUT2D eigenvalue weighted by atomic mass is 16.5. The molecule has 1 heterocycles. The quantitative estimate of drug-likeness (QED) is 0.652. The van der Waals surface area contributed by atoms with Crippen molar-refractivity contribution in [1.82, 2.24) is 0 Å². The van der Waals surface area contributed by atoms with E-state index < -0.39 is 0 Å². The van der Waals surface area contributed by atoms with Gasteiger partial charge in [0.05, 0.1) is 6.42 Å². The Morgan fingerprint density at radius 2 is 2.13 bits per heavy atom. The van der Waals surface area contributed by atoms with Crippen LogP contribution in [0.15, 0.2) is 0 Å². The summed E-state index contributed by atoms with van der Waals surface area (Å²) in [4.78, 5) is 11.7. The molecule has 1 aliphatic rings. The standard InChI is InChI=1S/C13H20O2/c1-13(2,3)9-6-7-11(14)12-8-4-5-10-15-12/h12H,4-5,7-8,10H2,1-3H3. The van der Waals surface area contributed by atoms with E-state index in [2.05, 4.69) is 11.8 Å². The Balaban J connectivity index is 2.37. The lowest BCUT2D eigenvalue weighted by atomic mass is 9.97. The predicted octanol–water partition coefficient (Wildman–Crippen LogP) is 2.56. The van der Waals surface area contributed by atoms with E-state index in [0.29, 0.717) is 6.42 Å². The fourth-order valence-electron chi connectivity index (χ4n) is 1.50. The van der Waals surface area contributed by atoms with Gasteiger partial charge in [-0.1, -0.05) is 11.8 Å². The Labute approximate surface area is 92.4 Å². The zero-order valence-electron chi connectivity index (χ0n) is 9.93. The SMILES string of the molecule is CC(C)(C)C#CCC(=O)C1CCCCO1. The summed E-state index contributed by atoms with van der Waals surface area (Å²) in [5, 5.41) is 0. The molecule has 1 fully saturated rings. The number of carbonyl (C=O) groups is 1. The van der Waals surface area contributed by atoms with Crippen LogP contribution < -0.4 is 0 Å². The zero-order chi connectivity index (χ0) is 11.3. The summed E-state index contributed by atoms with van der Waals surface area (Å²) in [6.45, 7) is 6.86. The summed E-state index contributed by atoms with van der Waals surface area (Å²) < 4.78 is 5.41. The number of carbonyl (C=O) groups excluding carboxylic acids is 1. The number of ketones is 1. The number of ether oxygens (including phenoxy) is 1. The van der Waals surface area contributed by atoms with Gasteiger partial charge in [-0.05, 0) is 40.0 Å². The van der Waals surface area contributed by atoms with E-state index in [9.17, 15) is 4.79 Å². The van der Waals surface area contributed by atoms with Crippen molar-refractivity contribution in [3.05, 3.63) is 0 Å². The van der Waals surface area contributed by atoms with Crippen molar-refractivity contribution in [3.8, 4) is 11.8 Å². The summed E-state index contributed by atoms with van der Waals surface area (Å²) in [7, 11) is 0. The third kappa shape index (κ3) is 4.99. The molecule has 0 N–H and O–H groups in total. The minimum absolute atomic E-state index is 0.0201. The molecule has 0 spiro atoms. The molecule has 0 saturated carbocycles. The first-order valence-electron chi connectivity index (χ1n) is 5.63. The monoisotopic (exact) mass is 208 g/mol. The normalized spacial score (nSPS) is 21.7. The van der Waals surface area contributed by atoms with Crippen molar-refractivity contribution in [3.63, 3.8) is 0 Å². The first-order chi connectivity index (χ1) is 6.99. The van der Waals surface area contributed by atoms with E-state index >= 15 is 0 Å². The molecule has 0 aromatic carbocycles. The number of hydrogen-bond donors (Lipinski definition) is 0. The fraction of sp³-hybridized carbons (Fsp3) is 0.769. The molecule has 0 aliphatic carbocycles. The molecule has 0 aromatic rings. The molecule has 1 saturated heterocycles. The van der Waals surface area contributed by atoms with Gasteiger partial charge in [-0.25, -0.2) is 0 Å². The molecule has 0 amide bonds. The van der Waals surface area contributed by atoms with Crippen LogP contribution >= 0.6 is 0 Å². The van der Waals surface area contributed by atoms with Gasteiger partial charge in [0.1, 0.15) is 6.10 Å². The summed E-state index contributed by atoms with van der Waals surface area (Å²) in [5.74, 6) is 6.15. The second-order valence-corrected chi connectivity index (χ2v) is 5.05. The molecular formula is C13H20O2. The number of rotatable bonds is 2. The van der Waals surface area contributed by atoms with Gasteiger partial charge in [-0.2, -0.15) is 0 Å². The molecule has 0 bridgehead atoms. The third-order valence-electron chi connectivity index (χ3n) is 2.26. The first kappa shape index (κ1) is 12.3. The lowest BCUT2D eigenvalue weighted by Gasteiger charge is -2.20. The maximum atomic E-state index is 11.7. The van der Waals surface area contributed by atoms with E-state index in [-0.39, 0.29) is 17.3 Å². The van der Waals surface area contributed by atoms with E-state index in [1.165, 1.54) is 0 Å². The van der Waals surface area contributed by atoms with E-state index in [0.717, 1.165) is 25.9 Å². The third-order valence-corrected chi connectivity index (χ3v) is 2.26. The Kier molecular flexibility index (Phi) is 4.35. The molecule has 1 atom stereocenters. The van der Waals surface area contributed by atoms with Crippen LogP contribution in [-0.2, 0) is 9.53 Å². The Bertz CT molecular complexity index is 269. The van der Waals surface area contributed by atoms with Crippen LogP contribution in [-0.4, -0.2) is 18.5 Å². The van der Waals surface area contributed by atoms with Crippen LogP contribution in [0.2, 0.25) is 0 Å². The summed E-state index contributed by atoms with van der Waals surface area (Å²) in [6.07, 6.45) is 3.20. The van der Waals surface area contributed by atoms with Crippen LogP contribution in [0.4, 0.5) is 0 Å². The van der Waals surface area contributed by atoms with Gasteiger partial charge < -0.3 is 4.74 Å². The van der Waals surface area contributed by atoms with Crippen molar-refractivity contribution in [2.45, 2.75) is 52.6 Å². The molecule has 0 radical (unpaired) electrons. The van der Waals surface area contributed by atoms with Crippen LogP contribution in [0.25, 0.3) is 0 Å². The first-order valence-corrected chi connectivity index (χ1v) is 5.63.